The molecule has 0 aromatic heterocycles. The van der Waals surface area contributed by atoms with Crippen molar-refractivity contribution in [3.63, 3.8) is 0 Å². The van der Waals surface area contributed by atoms with E-state index in [9.17, 15) is 9.90 Å². The number of β-amino-alcohol motifs (C(OH)–C–C–N with tert-alkyl or cyclic N) is 1. The SMILES string of the molecule is COC1CCN(c2ccc3c(c2)CCN(CC(O)CN2CCc4ccccc4C2)C3=O)CC1. The van der Waals surface area contributed by atoms with Gasteiger partial charge in [-0.3, -0.25) is 9.69 Å². The number of hydrogen-bond acceptors (Lipinski definition) is 5. The van der Waals surface area contributed by atoms with Gasteiger partial charge in [0.1, 0.15) is 0 Å². The van der Waals surface area contributed by atoms with E-state index in [1.807, 2.05) is 11.0 Å². The molecule has 5 rings (SSSR count). The Morgan fingerprint density at radius 2 is 1.73 bits per heavy atom. The minimum absolute atomic E-state index is 0.0453. The summed E-state index contributed by atoms with van der Waals surface area (Å²) in [5.41, 5.74) is 5.88. The van der Waals surface area contributed by atoms with Crippen LogP contribution < -0.4 is 4.90 Å². The van der Waals surface area contributed by atoms with Crippen molar-refractivity contribution in [1.82, 2.24) is 9.80 Å². The Labute approximate surface area is 196 Å². The molecule has 2 aromatic carbocycles. The van der Waals surface area contributed by atoms with E-state index in [1.54, 1.807) is 7.11 Å². The molecule has 6 nitrogen and oxygen atoms in total. The molecule has 0 saturated carbocycles. The Bertz CT molecular complexity index is 986. The van der Waals surface area contributed by atoms with Crippen LogP contribution in [-0.4, -0.2) is 79.4 Å². The van der Waals surface area contributed by atoms with Crippen LogP contribution in [0.5, 0.6) is 0 Å². The third kappa shape index (κ3) is 4.93. The van der Waals surface area contributed by atoms with Gasteiger partial charge in [0.2, 0.25) is 0 Å². The Morgan fingerprint density at radius 3 is 2.52 bits per heavy atom. The van der Waals surface area contributed by atoms with Crippen molar-refractivity contribution in [1.29, 1.82) is 0 Å². The molecular formula is C27H35N3O3. The number of nitrogens with zero attached hydrogens (tertiary/aromatic N) is 3. The number of benzene rings is 2. The summed E-state index contributed by atoms with van der Waals surface area (Å²) in [5, 5.41) is 10.8. The van der Waals surface area contributed by atoms with E-state index in [4.69, 9.17) is 4.74 Å². The van der Waals surface area contributed by atoms with Crippen LogP contribution in [-0.2, 0) is 24.1 Å². The first-order valence-electron chi connectivity index (χ1n) is 12.3. The van der Waals surface area contributed by atoms with Crippen LogP contribution in [0.25, 0.3) is 0 Å². The second kappa shape index (κ2) is 9.84. The molecule has 3 aliphatic heterocycles. The number of ether oxygens (including phenoxy) is 1. The zero-order chi connectivity index (χ0) is 22.8. The molecule has 1 amide bonds. The molecule has 0 aliphatic carbocycles. The lowest BCUT2D eigenvalue weighted by molar-refractivity contribution is 0.0493. The highest BCUT2D eigenvalue weighted by Crippen LogP contribution is 2.27. The number of fused-ring (bicyclic) bond motifs is 2. The van der Waals surface area contributed by atoms with E-state index in [0.717, 1.165) is 63.0 Å². The van der Waals surface area contributed by atoms with E-state index in [0.29, 0.717) is 25.7 Å². The Kier molecular flexibility index (Phi) is 6.67. The summed E-state index contributed by atoms with van der Waals surface area (Å²) in [6.45, 7) is 5.46. The maximum absolute atomic E-state index is 13.1. The lowest BCUT2D eigenvalue weighted by Gasteiger charge is -2.35. The lowest BCUT2D eigenvalue weighted by Crippen LogP contribution is -2.46. The average molecular weight is 450 g/mol. The molecule has 3 aliphatic rings. The third-order valence-corrected chi connectivity index (χ3v) is 7.51. The number of amides is 1. The van der Waals surface area contributed by atoms with Gasteiger partial charge in [-0.15, -0.1) is 0 Å². The summed E-state index contributed by atoms with van der Waals surface area (Å²) in [4.78, 5) is 19.7. The highest BCUT2D eigenvalue weighted by molar-refractivity contribution is 5.97. The van der Waals surface area contributed by atoms with Crippen LogP contribution in [0.1, 0.15) is 39.9 Å². The van der Waals surface area contributed by atoms with Crippen molar-refractivity contribution in [3.05, 3.63) is 64.7 Å². The molecule has 1 unspecified atom stereocenters. The van der Waals surface area contributed by atoms with Crippen LogP contribution in [0.15, 0.2) is 42.5 Å². The first-order chi connectivity index (χ1) is 16.1. The molecule has 0 radical (unpaired) electrons. The van der Waals surface area contributed by atoms with E-state index >= 15 is 0 Å². The minimum atomic E-state index is -0.540. The normalized spacial score (nSPS) is 20.5. The average Bonchev–Trinajstić information content (AvgIpc) is 2.85. The van der Waals surface area contributed by atoms with Crippen molar-refractivity contribution in [2.75, 3.05) is 51.3 Å². The number of rotatable bonds is 6. The molecule has 1 saturated heterocycles. The lowest BCUT2D eigenvalue weighted by atomic mass is 9.96. The smallest absolute Gasteiger partial charge is 0.254 e. The van der Waals surface area contributed by atoms with Crippen molar-refractivity contribution in [2.24, 2.45) is 0 Å². The van der Waals surface area contributed by atoms with Gasteiger partial charge in [-0.1, -0.05) is 24.3 Å². The van der Waals surface area contributed by atoms with Gasteiger partial charge in [-0.25, -0.2) is 0 Å². The number of carbonyl (C=O) groups excluding carboxylic acids is 1. The summed E-state index contributed by atoms with van der Waals surface area (Å²) in [6.07, 6.45) is 3.77. The molecule has 0 bridgehead atoms. The summed E-state index contributed by atoms with van der Waals surface area (Å²) < 4.78 is 5.49. The Balaban J connectivity index is 1.17. The number of anilines is 1. The van der Waals surface area contributed by atoms with Gasteiger partial charge in [-0.2, -0.15) is 0 Å². The van der Waals surface area contributed by atoms with Crippen molar-refractivity contribution in [2.45, 2.75) is 44.4 Å². The first kappa shape index (κ1) is 22.4. The molecule has 1 N–H and O–H groups in total. The fourth-order valence-corrected chi connectivity index (χ4v) is 5.56. The molecule has 1 fully saturated rings. The predicted molar refractivity (Wildman–Crippen MR) is 130 cm³/mol. The monoisotopic (exact) mass is 449 g/mol. The molecule has 176 valence electrons. The van der Waals surface area contributed by atoms with Gasteiger partial charge in [0.25, 0.3) is 5.91 Å². The first-order valence-corrected chi connectivity index (χ1v) is 12.3. The second-order valence-electron chi connectivity index (χ2n) is 9.67. The minimum Gasteiger partial charge on any atom is -0.390 e. The zero-order valence-corrected chi connectivity index (χ0v) is 19.6. The van der Waals surface area contributed by atoms with Crippen molar-refractivity contribution in [3.8, 4) is 0 Å². The topological polar surface area (TPSA) is 56.2 Å². The number of piperidine rings is 1. The zero-order valence-electron chi connectivity index (χ0n) is 19.6. The van der Waals surface area contributed by atoms with Crippen molar-refractivity contribution < 1.29 is 14.6 Å². The number of aliphatic hydroxyl groups is 1. The van der Waals surface area contributed by atoms with Gasteiger partial charge in [0, 0.05) is 64.2 Å². The number of methoxy groups -OCH3 is 1. The Morgan fingerprint density at radius 1 is 0.970 bits per heavy atom. The summed E-state index contributed by atoms with van der Waals surface area (Å²) in [5.74, 6) is 0.0453. The number of carbonyl (C=O) groups is 1. The standard InChI is InChI=1S/C27H35N3O3/c1-33-25-10-14-29(15-11-25)23-6-7-26-21(16-23)9-13-30(27(26)32)19-24(31)18-28-12-8-20-4-2-3-5-22(20)17-28/h2-7,16,24-25,31H,8-15,17-19H2,1H3. The summed E-state index contributed by atoms with van der Waals surface area (Å²) in [6, 6.07) is 14.8. The van der Waals surface area contributed by atoms with Gasteiger partial charge in [0.05, 0.1) is 12.2 Å². The van der Waals surface area contributed by atoms with Crippen LogP contribution in [0, 0.1) is 0 Å². The predicted octanol–water partition coefficient (Wildman–Crippen LogP) is 2.72. The van der Waals surface area contributed by atoms with Crippen LogP contribution in [0.4, 0.5) is 5.69 Å². The fraction of sp³-hybridized carbons (Fsp3) is 0.519. The van der Waals surface area contributed by atoms with E-state index in [2.05, 4.69) is 46.2 Å². The Hall–Kier alpha value is -2.41. The molecule has 3 heterocycles. The largest absolute Gasteiger partial charge is 0.390 e. The van der Waals surface area contributed by atoms with Crippen LogP contribution in [0.3, 0.4) is 0 Å². The molecule has 0 spiro atoms. The van der Waals surface area contributed by atoms with E-state index in [-0.39, 0.29) is 5.91 Å². The maximum Gasteiger partial charge on any atom is 0.254 e. The van der Waals surface area contributed by atoms with Gasteiger partial charge < -0.3 is 19.6 Å². The van der Waals surface area contributed by atoms with Crippen LogP contribution >= 0.6 is 0 Å². The van der Waals surface area contributed by atoms with Gasteiger partial charge >= 0.3 is 0 Å². The van der Waals surface area contributed by atoms with E-state index < -0.39 is 6.10 Å². The van der Waals surface area contributed by atoms with Gasteiger partial charge in [0.15, 0.2) is 0 Å². The third-order valence-electron chi connectivity index (χ3n) is 7.51. The fourth-order valence-electron chi connectivity index (χ4n) is 5.56. The highest BCUT2D eigenvalue weighted by Gasteiger charge is 2.28. The van der Waals surface area contributed by atoms with E-state index in [1.165, 1.54) is 16.8 Å². The summed E-state index contributed by atoms with van der Waals surface area (Å²) in [7, 11) is 1.79. The molecule has 2 aromatic rings. The number of hydrogen-bond donors (Lipinski definition) is 1. The number of aliphatic hydroxyl groups excluding tert-OH is 1. The van der Waals surface area contributed by atoms with Crippen LogP contribution in [0.2, 0.25) is 0 Å². The molecule has 33 heavy (non-hydrogen) atoms. The molecular weight excluding hydrogens is 414 g/mol. The maximum atomic E-state index is 13.1. The second-order valence-corrected chi connectivity index (χ2v) is 9.67. The van der Waals surface area contributed by atoms with Crippen molar-refractivity contribution >= 4 is 11.6 Å². The highest BCUT2D eigenvalue weighted by atomic mass is 16.5. The van der Waals surface area contributed by atoms with Gasteiger partial charge in [-0.05, 0) is 60.6 Å². The molecule has 1 atom stereocenters. The quantitative estimate of drug-likeness (QED) is 0.735. The summed E-state index contributed by atoms with van der Waals surface area (Å²) >= 11 is 0. The molecule has 6 heteroatoms.